The van der Waals surface area contributed by atoms with Crippen molar-refractivity contribution in [2.24, 2.45) is 5.73 Å². The van der Waals surface area contributed by atoms with Crippen molar-refractivity contribution in [2.75, 3.05) is 40.3 Å². The monoisotopic (exact) mass is 295 g/mol. The summed E-state index contributed by atoms with van der Waals surface area (Å²) in [6.07, 6.45) is 0. The lowest BCUT2D eigenvalue weighted by atomic mass is 9.96. The molecule has 1 heterocycles. The van der Waals surface area contributed by atoms with E-state index in [0.717, 1.165) is 25.2 Å². The number of nitrogens with two attached hydrogens (primary N) is 1. The molecule has 0 amide bonds. The van der Waals surface area contributed by atoms with Gasteiger partial charge in [0, 0.05) is 37.8 Å². The number of benzene rings is 1. The van der Waals surface area contributed by atoms with Crippen LogP contribution in [0.4, 0.5) is 4.39 Å². The first-order chi connectivity index (χ1) is 9.89. The van der Waals surface area contributed by atoms with Gasteiger partial charge in [-0.2, -0.15) is 0 Å². The molecule has 1 atom stereocenters. The molecule has 1 aromatic carbocycles. The van der Waals surface area contributed by atoms with Gasteiger partial charge in [-0.05, 0) is 38.6 Å². The Morgan fingerprint density at radius 2 is 2.10 bits per heavy atom. The fourth-order valence-electron chi connectivity index (χ4n) is 2.93. The van der Waals surface area contributed by atoms with E-state index in [9.17, 15) is 4.39 Å². The van der Waals surface area contributed by atoms with E-state index in [2.05, 4.69) is 30.7 Å². The molecule has 0 aromatic heterocycles. The van der Waals surface area contributed by atoms with E-state index in [4.69, 9.17) is 10.5 Å². The third kappa shape index (κ3) is 3.36. The molecule has 5 heteroatoms. The molecule has 0 saturated carbocycles. The fourth-order valence-corrected chi connectivity index (χ4v) is 2.93. The van der Waals surface area contributed by atoms with Gasteiger partial charge in [0.1, 0.15) is 0 Å². The van der Waals surface area contributed by atoms with E-state index in [0.29, 0.717) is 6.54 Å². The molecule has 0 bridgehead atoms. The van der Waals surface area contributed by atoms with Crippen LogP contribution >= 0.6 is 0 Å². The average Bonchev–Trinajstić information content (AvgIpc) is 2.43. The molecule has 2 N–H and O–H groups in total. The summed E-state index contributed by atoms with van der Waals surface area (Å²) in [4.78, 5) is 4.70. The smallest absolute Gasteiger partial charge is 0.165 e. The maximum absolute atomic E-state index is 13.9. The number of ether oxygens (including phenoxy) is 1. The van der Waals surface area contributed by atoms with Gasteiger partial charge in [0.2, 0.25) is 0 Å². The Morgan fingerprint density at radius 1 is 1.38 bits per heavy atom. The van der Waals surface area contributed by atoms with Crippen LogP contribution in [0, 0.1) is 5.82 Å². The Morgan fingerprint density at radius 3 is 2.62 bits per heavy atom. The second-order valence-electron chi connectivity index (χ2n) is 6.35. The number of likely N-dealkylation sites (N-methyl/N-ethyl adjacent to an activating group) is 1. The normalized spacial score (nSPS) is 21.2. The molecule has 1 unspecified atom stereocenters. The van der Waals surface area contributed by atoms with Crippen molar-refractivity contribution in [2.45, 2.75) is 25.4 Å². The predicted octanol–water partition coefficient (Wildman–Crippen LogP) is 1.86. The third-order valence-corrected chi connectivity index (χ3v) is 4.57. The number of hydrogen-bond donors (Lipinski definition) is 1. The third-order valence-electron chi connectivity index (χ3n) is 4.57. The van der Waals surface area contributed by atoms with Gasteiger partial charge >= 0.3 is 0 Å². The highest BCUT2D eigenvalue weighted by Crippen LogP contribution is 2.29. The second kappa shape index (κ2) is 6.30. The van der Waals surface area contributed by atoms with E-state index in [1.165, 1.54) is 7.11 Å². The Bertz CT molecular complexity index is 492. The summed E-state index contributed by atoms with van der Waals surface area (Å²) in [5, 5.41) is 0. The summed E-state index contributed by atoms with van der Waals surface area (Å²) in [5.41, 5.74) is 6.98. The van der Waals surface area contributed by atoms with Gasteiger partial charge in [-0.15, -0.1) is 0 Å². The Balaban J connectivity index is 2.22. The molecule has 1 aliphatic heterocycles. The average molecular weight is 295 g/mol. The van der Waals surface area contributed by atoms with Gasteiger partial charge in [-0.1, -0.05) is 6.07 Å². The van der Waals surface area contributed by atoms with Gasteiger partial charge in [0.15, 0.2) is 11.6 Å². The van der Waals surface area contributed by atoms with Crippen molar-refractivity contribution in [1.82, 2.24) is 9.80 Å². The maximum Gasteiger partial charge on any atom is 0.165 e. The summed E-state index contributed by atoms with van der Waals surface area (Å²) in [7, 11) is 3.61. The summed E-state index contributed by atoms with van der Waals surface area (Å²) in [6, 6.07) is 5.17. The minimum absolute atomic E-state index is 0.0402. The number of hydrogen-bond acceptors (Lipinski definition) is 4. The number of piperazine rings is 1. The topological polar surface area (TPSA) is 41.7 Å². The van der Waals surface area contributed by atoms with E-state index in [1.807, 2.05) is 6.07 Å². The highest BCUT2D eigenvalue weighted by Gasteiger charge is 2.34. The van der Waals surface area contributed by atoms with Crippen LogP contribution in [-0.2, 0) is 0 Å². The Hall–Kier alpha value is -1.17. The fraction of sp³-hybridized carbons (Fsp3) is 0.625. The standard InChI is InChI=1S/C16H26FN3O/c1-16(2)11-20(8-7-19(16)3)14(10-18)12-5-6-15(21-4)13(17)9-12/h5-6,9,14H,7-8,10-11,18H2,1-4H3. The van der Waals surface area contributed by atoms with Crippen molar-refractivity contribution < 1.29 is 9.13 Å². The minimum Gasteiger partial charge on any atom is -0.494 e. The van der Waals surface area contributed by atoms with Crippen molar-refractivity contribution in [3.63, 3.8) is 0 Å². The predicted molar refractivity (Wildman–Crippen MR) is 83.0 cm³/mol. The van der Waals surface area contributed by atoms with Gasteiger partial charge in [0.05, 0.1) is 7.11 Å². The molecule has 118 valence electrons. The number of methoxy groups -OCH3 is 1. The first-order valence-electron chi connectivity index (χ1n) is 7.38. The van der Waals surface area contributed by atoms with Crippen LogP contribution in [0.3, 0.4) is 0 Å². The maximum atomic E-state index is 13.9. The van der Waals surface area contributed by atoms with E-state index in [-0.39, 0.29) is 23.1 Å². The van der Waals surface area contributed by atoms with Crippen LogP contribution in [0.2, 0.25) is 0 Å². The van der Waals surface area contributed by atoms with E-state index >= 15 is 0 Å². The lowest BCUT2D eigenvalue weighted by Gasteiger charge is -2.48. The zero-order chi connectivity index (χ0) is 15.6. The molecule has 1 aromatic rings. The van der Waals surface area contributed by atoms with Crippen molar-refractivity contribution in [1.29, 1.82) is 0 Å². The highest BCUT2D eigenvalue weighted by molar-refractivity contribution is 5.31. The Labute approximate surface area is 126 Å². The lowest BCUT2D eigenvalue weighted by molar-refractivity contribution is 0.0179. The number of rotatable bonds is 4. The summed E-state index contributed by atoms with van der Waals surface area (Å²) < 4.78 is 18.9. The lowest BCUT2D eigenvalue weighted by Crippen LogP contribution is -2.58. The molecule has 1 aliphatic rings. The van der Waals surface area contributed by atoms with Gasteiger partial charge in [-0.25, -0.2) is 4.39 Å². The molecular formula is C16H26FN3O. The zero-order valence-electron chi connectivity index (χ0n) is 13.4. The SMILES string of the molecule is COc1ccc(C(CN)N2CCN(C)C(C)(C)C2)cc1F. The number of nitrogens with zero attached hydrogens (tertiary/aromatic N) is 2. The van der Waals surface area contributed by atoms with Gasteiger partial charge in [0.25, 0.3) is 0 Å². The van der Waals surface area contributed by atoms with Crippen molar-refractivity contribution >= 4 is 0 Å². The first kappa shape index (κ1) is 16.2. The van der Waals surface area contributed by atoms with Gasteiger partial charge < -0.3 is 10.5 Å². The zero-order valence-corrected chi connectivity index (χ0v) is 13.4. The second-order valence-corrected chi connectivity index (χ2v) is 6.35. The van der Waals surface area contributed by atoms with Crippen molar-refractivity contribution in [3.05, 3.63) is 29.6 Å². The van der Waals surface area contributed by atoms with Gasteiger partial charge in [-0.3, -0.25) is 9.80 Å². The Kier molecular flexibility index (Phi) is 4.86. The summed E-state index contributed by atoms with van der Waals surface area (Å²) in [5.74, 6) is -0.0601. The first-order valence-corrected chi connectivity index (χ1v) is 7.38. The van der Waals surface area contributed by atoms with Crippen LogP contribution in [0.1, 0.15) is 25.5 Å². The molecule has 21 heavy (non-hydrogen) atoms. The molecule has 2 rings (SSSR count). The molecule has 4 nitrogen and oxygen atoms in total. The summed E-state index contributed by atoms with van der Waals surface area (Å²) in [6.45, 7) is 7.77. The highest BCUT2D eigenvalue weighted by atomic mass is 19.1. The van der Waals surface area contributed by atoms with Crippen molar-refractivity contribution in [3.8, 4) is 5.75 Å². The molecule has 0 spiro atoms. The molecule has 1 saturated heterocycles. The molecule has 0 radical (unpaired) electrons. The van der Waals surface area contributed by atoms with Crippen LogP contribution in [-0.4, -0.2) is 55.7 Å². The molecular weight excluding hydrogens is 269 g/mol. The largest absolute Gasteiger partial charge is 0.494 e. The van der Waals surface area contributed by atoms with E-state index < -0.39 is 0 Å². The number of halogens is 1. The van der Waals surface area contributed by atoms with Crippen LogP contribution in [0.5, 0.6) is 5.75 Å². The van der Waals surface area contributed by atoms with Crippen LogP contribution < -0.4 is 10.5 Å². The molecule has 1 fully saturated rings. The quantitative estimate of drug-likeness (QED) is 0.920. The van der Waals surface area contributed by atoms with Crippen LogP contribution in [0.25, 0.3) is 0 Å². The minimum atomic E-state index is -0.332. The molecule has 0 aliphatic carbocycles. The summed E-state index contributed by atoms with van der Waals surface area (Å²) >= 11 is 0. The van der Waals surface area contributed by atoms with Crippen LogP contribution in [0.15, 0.2) is 18.2 Å². The van der Waals surface area contributed by atoms with E-state index in [1.54, 1.807) is 12.1 Å².